The SMILES string of the molecule is Cc1cncc(CN2CC(F)(F)CC3(CCN(C)C3=O)C2)n1. The molecule has 1 atom stereocenters. The summed E-state index contributed by atoms with van der Waals surface area (Å²) in [5.74, 6) is -3.01. The Balaban J connectivity index is 1.82. The van der Waals surface area contributed by atoms with Gasteiger partial charge in [0.1, 0.15) is 0 Å². The molecule has 7 heteroatoms. The molecule has 0 saturated carbocycles. The van der Waals surface area contributed by atoms with Gasteiger partial charge in [0, 0.05) is 45.5 Å². The molecule has 0 bridgehead atoms. The highest BCUT2D eigenvalue weighted by Gasteiger charge is 2.56. The number of alkyl halides is 2. The molecule has 5 nitrogen and oxygen atoms in total. The summed E-state index contributed by atoms with van der Waals surface area (Å²) in [6.45, 7) is 2.69. The van der Waals surface area contributed by atoms with Crippen molar-refractivity contribution in [3.05, 3.63) is 23.8 Å². The minimum Gasteiger partial charge on any atom is -0.345 e. The van der Waals surface area contributed by atoms with Crippen LogP contribution in [0.15, 0.2) is 12.4 Å². The van der Waals surface area contributed by atoms with Gasteiger partial charge in [-0.15, -0.1) is 0 Å². The van der Waals surface area contributed by atoms with E-state index in [1.165, 1.54) is 0 Å². The molecule has 1 spiro atoms. The number of halogens is 2. The molecule has 2 aliphatic rings. The standard InChI is InChI=1S/C15H20F2N4O/c1-11-5-18-6-12(19-11)7-21-9-14(8-15(16,17)10-21)3-4-20(2)13(14)22/h5-6H,3-4,7-10H2,1-2H3. The summed E-state index contributed by atoms with van der Waals surface area (Å²) in [5.41, 5.74) is 0.465. The highest BCUT2D eigenvalue weighted by atomic mass is 19.3. The Morgan fingerprint density at radius 1 is 1.32 bits per heavy atom. The van der Waals surface area contributed by atoms with Gasteiger partial charge in [-0.05, 0) is 13.3 Å². The van der Waals surface area contributed by atoms with E-state index in [0.29, 0.717) is 31.7 Å². The number of hydrogen-bond acceptors (Lipinski definition) is 4. The Morgan fingerprint density at radius 2 is 2.09 bits per heavy atom. The van der Waals surface area contributed by atoms with E-state index in [1.54, 1.807) is 29.2 Å². The fourth-order valence-electron chi connectivity index (χ4n) is 3.66. The number of amides is 1. The van der Waals surface area contributed by atoms with Crippen molar-refractivity contribution in [2.24, 2.45) is 5.41 Å². The molecule has 22 heavy (non-hydrogen) atoms. The van der Waals surface area contributed by atoms with E-state index in [4.69, 9.17) is 0 Å². The number of nitrogens with zero attached hydrogens (tertiary/aromatic N) is 4. The third-order valence-corrected chi connectivity index (χ3v) is 4.49. The minimum absolute atomic E-state index is 0.160. The molecular formula is C15H20F2N4O. The molecule has 1 unspecified atom stereocenters. The number of likely N-dealkylation sites (tertiary alicyclic amines) is 2. The molecule has 2 fully saturated rings. The fourth-order valence-corrected chi connectivity index (χ4v) is 3.66. The van der Waals surface area contributed by atoms with E-state index in [2.05, 4.69) is 9.97 Å². The molecule has 0 N–H and O–H groups in total. The fraction of sp³-hybridized carbons (Fsp3) is 0.667. The summed E-state index contributed by atoms with van der Waals surface area (Å²) < 4.78 is 28.4. The Bertz CT molecular complexity index is 595. The van der Waals surface area contributed by atoms with Crippen molar-refractivity contribution in [1.29, 1.82) is 0 Å². The van der Waals surface area contributed by atoms with Crippen molar-refractivity contribution >= 4 is 5.91 Å². The van der Waals surface area contributed by atoms with Crippen molar-refractivity contribution < 1.29 is 13.6 Å². The van der Waals surface area contributed by atoms with Crippen LogP contribution in [0.2, 0.25) is 0 Å². The number of hydrogen-bond donors (Lipinski definition) is 0. The van der Waals surface area contributed by atoms with Gasteiger partial charge in [-0.25, -0.2) is 8.78 Å². The average molecular weight is 310 g/mol. The van der Waals surface area contributed by atoms with Crippen molar-refractivity contribution in [2.45, 2.75) is 32.2 Å². The summed E-state index contributed by atoms with van der Waals surface area (Å²) in [6.07, 6.45) is 3.37. The van der Waals surface area contributed by atoms with E-state index < -0.39 is 11.3 Å². The maximum atomic E-state index is 14.2. The molecule has 120 valence electrons. The first-order valence-electron chi connectivity index (χ1n) is 7.43. The van der Waals surface area contributed by atoms with Gasteiger partial charge in [0.05, 0.1) is 23.3 Å². The summed E-state index contributed by atoms with van der Waals surface area (Å²) in [5, 5.41) is 0. The number of carbonyl (C=O) groups is 1. The second-order valence-corrected chi connectivity index (χ2v) is 6.59. The van der Waals surface area contributed by atoms with E-state index in [0.717, 1.165) is 5.69 Å². The Morgan fingerprint density at radius 3 is 2.73 bits per heavy atom. The van der Waals surface area contributed by atoms with Gasteiger partial charge in [-0.1, -0.05) is 0 Å². The van der Waals surface area contributed by atoms with Crippen molar-refractivity contribution in [2.75, 3.05) is 26.7 Å². The Kier molecular flexibility index (Phi) is 3.63. The van der Waals surface area contributed by atoms with Gasteiger partial charge in [-0.3, -0.25) is 19.7 Å². The molecule has 3 heterocycles. The predicted octanol–water partition coefficient (Wildman–Crippen LogP) is 1.47. The topological polar surface area (TPSA) is 49.3 Å². The first kappa shape index (κ1) is 15.3. The summed E-state index contributed by atoms with van der Waals surface area (Å²) >= 11 is 0. The van der Waals surface area contributed by atoms with E-state index in [-0.39, 0.29) is 18.9 Å². The number of aryl methyl sites for hydroxylation is 1. The smallest absolute Gasteiger partial charge is 0.261 e. The van der Waals surface area contributed by atoms with Crippen LogP contribution in [-0.2, 0) is 11.3 Å². The lowest BCUT2D eigenvalue weighted by Gasteiger charge is -2.42. The zero-order valence-electron chi connectivity index (χ0n) is 12.9. The highest BCUT2D eigenvalue weighted by molar-refractivity contribution is 5.85. The molecule has 0 aliphatic carbocycles. The first-order valence-corrected chi connectivity index (χ1v) is 7.43. The number of piperidine rings is 1. The van der Waals surface area contributed by atoms with Gasteiger partial charge >= 0.3 is 0 Å². The summed E-state index contributed by atoms with van der Waals surface area (Å²) in [6, 6.07) is 0. The van der Waals surface area contributed by atoms with Crippen LogP contribution in [0, 0.1) is 12.3 Å². The maximum absolute atomic E-state index is 14.2. The van der Waals surface area contributed by atoms with Gasteiger partial charge in [0.15, 0.2) is 0 Å². The maximum Gasteiger partial charge on any atom is 0.261 e. The van der Waals surface area contributed by atoms with Crippen LogP contribution in [0.25, 0.3) is 0 Å². The van der Waals surface area contributed by atoms with Gasteiger partial charge in [0.2, 0.25) is 5.91 Å². The minimum atomic E-state index is -2.85. The summed E-state index contributed by atoms with van der Waals surface area (Å²) in [7, 11) is 1.68. The van der Waals surface area contributed by atoms with Gasteiger partial charge < -0.3 is 4.90 Å². The zero-order chi connectivity index (χ0) is 16.0. The van der Waals surface area contributed by atoms with Crippen LogP contribution < -0.4 is 0 Å². The lowest BCUT2D eigenvalue weighted by molar-refractivity contribution is -0.154. The van der Waals surface area contributed by atoms with Crippen molar-refractivity contribution in [3.63, 3.8) is 0 Å². The zero-order valence-corrected chi connectivity index (χ0v) is 12.9. The number of rotatable bonds is 2. The average Bonchev–Trinajstić information content (AvgIpc) is 2.65. The van der Waals surface area contributed by atoms with E-state index >= 15 is 0 Å². The lowest BCUT2D eigenvalue weighted by Crippen LogP contribution is -2.55. The van der Waals surface area contributed by atoms with Crippen LogP contribution in [0.1, 0.15) is 24.2 Å². The highest BCUT2D eigenvalue weighted by Crippen LogP contribution is 2.45. The first-order chi connectivity index (χ1) is 10.3. The van der Waals surface area contributed by atoms with Crippen molar-refractivity contribution in [1.82, 2.24) is 19.8 Å². The molecule has 0 radical (unpaired) electrons. The quantitative estimate of drug-likeness (QED) is 0.830. The third kappa shape index (κ3) is 2.82. The summed E-state index contributed by atoms with van der Waals surface area (Å²) in [4.78, 5) is 23.9. The van der Waals surface area contributed by atoms with Crippen LogP contribution in [0.5, 0.6) is 0 Å². The monoisotopic (exact) mass is 310 g/mol. The molecule has 3 rings (SSSR count). The van der Waals surface area contributed by atoms with E-state index in [9.17, 15) is 13.6 Å². The molecule has 0 aromatic carbocycles. The van der Waals surface area contributed by atoms with Crippen molar-refractivity contribution in [3.8, 4) is 0 Å². The molecular weight excluding hydrogens is 290 g/mol. The molecule has 2 saturated heterocycles. The predicted molar refractivity (Wildman–Crippen MR) is 76.3 cm³/mol. The second-order valence-electron chi connectivity index (χ2n) is 6.59. The Labute approximate surface area is 128 Å². The van der Waals surface area contributed by atoms with Gasteiger partial charge in [-0.2, -0.15) is 0 Å². The van der Waals surface area contributed by atoms with Crippen LogP contribution in [0.3, 0.4) is 0 Å². The second kappa shape index (κ2) is 5.22. The third-order valence-electron chi connectivity index (χ3n) is 4.49. The van der Waals surface area contributed by atoms with Crippen LogP contribution in [-0.4, -0.2) is 58.3 Å². The van der Waals surface area contributed by atoms with Crippen LogP contribution in [0.4, 0.5) is 8.78 Å². The normalized spacial score (nSPS) is 28.5. The molecule has 1 aromatic heterocycles. The Hall–Kier alpha value is -1.63. The number of carbonyl (C=O) groups excluding carboxylic acids is 1. The molecule has 2 aliphatic heterocycles. The van der Waals surface area contributed by atoms with Gasteiger partial charge in [0.25, 0.3) is 5.92 Å². The van der Waals surface area contributed by atoms with E-state index in [1.807, 2.05) is 6.92 Å². The largest absolute Gasteiger partial charge is 0.345 e. The molecule has 1 amide bonds. The lowest BCUT2D eigenvalue weighted by atomic mass is 9.77. The number of aromatic nitrogens is 2. The molecule has 1 aromatic rings. The van der Waals surface area contributed by atoms with Crippen LogP contribution >= 0.6 is 0 Å².